The van der Waals surface area contributed by atoms with Crippen molar-refractivity contribution in [2.24, 2.45) is 4.99 Å². The lowest BCUT2D eigenvalue weighted by Crippen LogP contribution is -2.57. The topological polar surface area (TPSA) is 34.1 Å². The SMILES string of the molecule is CC1(N2CCN(c3ccccc3)CC2)CN2C(=S)Nc3ccccc3C2=N1. The van der Waals surface area contributed by atoms with Crippen molar-refractivity contribution < 1.29 is 0 Å². The van der Waals surface area contributed by atoms with Gasteiger partial charge in [-0.1, -0.05) is 30.3 Å². The third kappa shape index (κ3) is 2.80. The smallest absolute Gasteiger partial charge is 0.179 e. The molecule has 138 valence electrons. The molecule has 1 saturated heterocycles. The number of hydrogen-bond acceptors (Lipinski definition) is 4. The van der Waals surface area contributed by atoms with Crippen LogP contribution >= 0.6 is 12.2 Å². The number of para-hydroxylation sites is 2. The zero-order valence-corrected chi connectivity index (χ0v) is 16.2. The fraction of sp³-hybridized carbons (Fsp3) is 0.333. The van der Waals surface area contributed by atoms with Crippen LogP contribution in [0.25, 0.3) is 0 Å². The second-order valence-electron chi connectivity index (χ2n) is 7.52. The van der Waals surface area contributed by atoms with Crippen LogP contribution in [-0.4, -0.2) is 59.1 Å². The molecule has 0 radical (unpaired) electrons. The van der Waals surface area contributed by atoms with Crippen molar-refractivity contribution in [1.82, 2.24) is 9.80 Å². The fourth-order valence-corrected chi connectivity index (χ4v) is 4.56. The second kappa shape index (κ2) is 6.32. The fourth-order valence-electron chi connectivity index (χ4n) is 4.30. The van der Waals surface area contributed by atoms with E-state index in [1.54, 1.807) is 0 Å². The molecule has 27 heavy (non-hydrogen) atoms. The van der Waals surface area contributed by atoms with E-state index in [4.69, 9.17) is 17.2 Å². The first kappa shape index (κ1) is 16.7. The van der Waals surface area contributed by atoms with Gasteiger partial charge in [0.05, 0.1) is 12.2 Å². The highest BCUT2D eigenvalue weighted by Gasteiger charge is 2.44. The summed E-state index contributed by atoms with van der Waals surface area (Å²) in [5.41, 5.74) is 3.24. The second-order valence-corrected chi connectivity index (χ2v) is 7.91. The van der Waals surface area contributed by atoms with Crippen molar-refractivity contribution in [1.29, 1.82) is 0 Å². The van der Waals surface area contributed by atoms with E-state index in [0.29, 0.717) is 0 Å². The third-order valence-corrected chi connectivity index (χ3v) is 6.12. The van der Waals surface area contributed by atoms with Crippen molar-refractivity contribution in [2.45, 2.75) is 12.6 Å². The number of benzene rings is 2. The van der Waals surface area contributed by atoms with Crippen LogP contribution in [0.3, 0.4) is 0 Å². The lowest BCUT2D eigenvalue weighted by molar-refractivity contribution is 0.105. The maximum atomic E-state index is 5.61. The molecular formula is C21H23N5S. The van der Waals surface area contributed by atoms with E-state index in [2.05, 4.69) is 75.5 Å². The third-order valence-electron chi connectivity index (χ3n) is 5.80. The summed E-state index contributed by atoms with van der Waals surface area (Å²) < 4.78 is 0. The van der Waals surface area contributed by atoms with Gasteiger partial charge in [-0.2, -0.15) is 0 Å². The Labute approximate surface area is 165 Å². The minimum atomic E-state index is -0.249. The number of fused-ring (bicyclic) bond motifs is 3. The Hall–Kier alpha value is -2.44. The van der Waals surface area contributed by atoms with Gasteiger partial charge in [0.15, 0.2) is 5.11 Å². The number of amidine groups is 1. The Balaban J connectivity index is 1.38. The van der Waals surface area contributed by atoms with E-state index in [-0.39, 0.29) is 5.66 Å². The molecule has 0 saturated carbocycles. The lowest BCUT2D eigenvalue weighted by atomic mass is 10.1. The molecule has 0 aliphatic carbocycles. The van der Waals surface area contributed by atoms with Gasteiger partial charge in [0, 0.05) is 37.4 Å². The van der Waals surface area contributed by atoms with Crippen LogP contribution in [0.1, 0.15) is 12.5 Å². The van der Waals surface area contributed by atoms with Gasteiger partial charge < -0.3 is 10.2 Å². The van der Waals surface area contributed by atoms with Crippen molar-refractivity contribution in [3.8, 4) is 0 Å². The van der Waals surface area contributed by atoms with Gasteiger partial charge in [-0.05, 0) is 43.4 Å². The zero-order chi connectivity index (χ0) is 18.4. The zero-order valence-electron chi connectivity index (χ0n) is 15.4. The molecule has 5 rings (SSSR count). The summed E-state index contributed by atoms with van der Waals surface area (Å²) >= 11 is 5.61. The number of aliphatic imine (C=N–C) groups is 1. The molecule has 3 aliphatic heterocycles. The molecule has 0 amide bonds. The summed E-state index contributed by atoms with van der Waals surface area (Å²) in [5, 5.41) is 4.10. The van der Waals surface area contributed by atoms with Crippen molar-refractivity contribution in [3.63, 3.8) is 0 Å². The molecule has 1 N–H and O–H groups in total. The molecule has 0 bridgehead atoms. The minimum Gasteiger partial charge on any atom is -0.369 e. The first-order chi connectivity index (χ1) is 13.1. The largest absolute Gasteiger partial charge is 0.369 e. The van der Waals surface area contributed by atoms with Gasteiger partial charge in [0.1, 0.15) is 11.5 Å². The Bertz CT molecular complexity index is 904. The van der Waals surface area contributed by atoms with Crippen molar-refractivity contribution >= 4 is 34.5 Å². The highest BCUT2D eigenvalue weighted by Crippen LogP contribution is 2.34. The van der Waals surface area contributed by atoms with Gasteiger partial charge in [-0.25, -0.2) is 4.99 Å². The van der Waals surface area contributed by atoms with Crippen LogP contribution in [0, 0.1) is 0 Å². The predicted octanol–water partition coefficient (Wildman–Crippen LogP) is 3.00. The molecule has 6 heteroatoms. The maximum Gasteiger partial charge on any atom is 0.179 e. The van der Waals surface area contributed by atoms with Crippen LogP contribution in [0.5, 0.6) is 0 Å². The predicted molar refractivity (Wildman–Crippen MR) is 115 cm³/mol. The van der Waals surface area contributed by atoms with Crippen LogP contribution in [0.15, 0.2) is 59.6 Å². The van der Waals surface area contributed by atoms with Gasteiger partial charge in [-0.15, -0.1) is 0 Å². The van der Waals surface area contributed by atoms with E-state index >= 15 is 0 Å². The van der Waals surface area contributed by atoms with E-state index in [1.165, 1.54) is 5.69 Å². The molecule has 0 spiro atoms. The summed E-state index contributed by atoms with van der Waals surface area (Å²) in [5.74, 6) is 1.00. The van der Waals surface area contributed by atoms with Crippen molar-refractivity contribution in [2.75, 3.05) is 42.9 Å². The summed E-state index contributed by atoms with van der Waals surface area (Å²) in [6.45, 7) is 7.07. The number of piperazine rings is 1. The Morgan fingerprint density at radius 1 is 0.963 bits per heavy atom. The van der Waals surface area contributed by atoms with E-state index in [9.17, 15) is 0 Å². The number of anilines is 2. The van der Waals surface area contributed by atoms with E-state index in [1.807, 2.05) is 6.07 Å². The Morgan fingerprint density at radius 2 is 1.67 bits per heavy atom. The van der Waals surface area contributed by atoms with Crippen LogP contribution < -0.4 is 10.2 Å². The normalized spacial score (nSPS) is 24.9. The first-order valence-corrected chi connectivity index (χ1v) is 9.88. The molecule has 1 fully saturated rings. The molecule has 2 aromatic carbocycles. The molecule has 2 aromatic rings. The van der Waals surface area contributed by atoms with Crippen LogP contribution in [-0.2, 0) is 0 Å². The molecular weight excluding hydrogens is 354 g/mol. The number of thiocarbonyl (C=S) groups is 1. The lowest BCUT2D eigenvalue weighted by Gasteiger charge is -2.43. The highest BCUT2D eigenvalue weighted by atomic mass is 32.1. The number of rotatable bonds is 2. The molecule has 5 nitrogen and oxygen atoms in total. The first-order valence-electron chi connectivity index (χ1n) is 9.47. The summed E-state index contributed by atoms with van der Waals surface area (Å²) in [4.78, 5) is 12.3. The van der Waals surface area contributed by atoms with E-state index < -0.39 is 0 Å². The minimum absolute atomic E-state index is 0.249. The molecule has 0 aromatic heterocycles. The van der Waals surface area contributed by atoms with Gasteiger partial charge >= 0.3 is 0 Å². The summed E-state index contributed by atoms with van der Waals surface area (Å²) in [7, 11) is 0. The maximum absolute atomic E-state index is 5.61. The van der Waals surface area contributed by atoms with Crippen LogP contribution in [0.4, 0.5) is 11.4 Å². The summed E-state index contributed by atoms with van der Waals surface area (Å²) in [6.07, 6.45) is 0. The highest BCUT2D eigenvalue weighted by molar-refractivity contribution is 7.80. The number of hydrogen-bond donors (Lipinski definition) is 1. The molecule has 3 aliphatic rings. The van der Waals surface area contributed by atoms with E-state index in [0.717, 1.165) is 54.9 Å². The number of nitrogens with one attached hydrogen (secondary N) is 1. The van der Waals surface area contributed by atoms with Crippen molar-refractivity contribution in [3.05, 3.63) is 60.2 Å². The Kier molecular flexibility index (Phi) is 3.91. The monoisotopic (exact) mass is 377 g/mol. The van der Waals surface area contributed by atoms with Gasteiger partial charge in [0.25, 0.3) is 0 Å². The average Bonchev–Trinajstić information content (AvgIpc) is 3.09. The molecule has 1 unspecified atom stereocenters. The number of nitrogens with zero attached hydrogens (tertiary/aromatic N) is 4. The van der Waals surface area contributed by atoms with Crippen LogP contribution in [0.2, 0.25) is 0 Å². The standard InChI is InChI=1S/C21H23N5S/c1-21(25-13-11-24(12-14-25)16-7-3-2-4-8-16)15-26-19(23-21)17-9-5-6-10-18(17)22-20(26)27/h2-10H,11-15H2,1H3,(H,22,27). The van der Waals surface area contributed by atoms with Gasteiger partial charge in [0.2, 0.25) is 0 Å². The summed E-state index contributed by atoms with van der Waals surface area (Å²) in [6, 6.07) is 18.9. The molecule has 1 atom stereocenters. The average molecular weight is 378 g/mol. The Morgan fingerprint density at radius 3 is 2.44 bits per heavy atom. The quantitative estimate of drug-likeness (QED) is 0.814. The van der Waals surface area contributed by atoms with Gasteiger partial charge in [-0.3, -0.25) is 9.80 Å². The molecule has 3 heterocycles.